The highest BCUT2D eigenvalue weighted by molar-refractivity contribution is 9.10. The Morgan fingerprint density at radius 3 is 2.89 bits per heavy atom. The monoisotopic (exact) mass is 307 g/mol. The van der Waals surface area contributed by atoms with Gasteiger partial charge in [-0.1, -0.05) is 6.07 Å². The van der Waals surface area contributed by atoms with E-state index in [0.29, 0.717) is 11.0 Å². The molecule has 0 spiro atoms. The van der Waals surface area contributed by atoms with Crippen molar-refractivity contribution in [2.24, 2.45) is 0 Å². The fourth-order valence-electron chi connectivity index (χ4n) is 1.63. The highest BCUT2D eigenvalue weighted by atomic mass is 79.9. The maximum atomic E-state index is 11.8. The number of pyridine rings is 2. The van der Waals surface area contributed by atoms with Gasteiger partial charge in [-0.05, 0) is 46.6 Å². The summed E-state index contributed by atoms with van der Waals surface area (Å²) in [4.78, 5) is 16.1. The summed E-state index contributed by atoms with van der Waals surface area (Å²) in [6.45, 7) is 3.39. The van der Waals surface area contributed by atoms with E-state index < -0.39 is 0 Å². The third-order valence-corrected chi connectivity index (χ3v) is 3.11. The van der Waals surface area contributed by atoms with E-state index in [4.69, 9.17) is 0 Å². The molecule has 4 nitrogen and oxygen atoms in total. The van der Waals surface area contributed by atoms with Crippen LogP contribution in [0.1, 0.15) is 12.5 Å². The van der Waals surface area contributed by atoms with Gasteiger partial charge in [-0.15, -0.1) is 0 Å². The van der Waals surface area contributed by atoms with Crippen molar-refractivity contribution in [3.63, 3.8) is 0 Å². The lowest BCUT2D eigenvalue weighted by Crippen LogP contribution is -2.20. The molecule has 0 unspecified atom stereocenters. The number of hydrogen-bond acceptors (Lipinski definition) is 3. The van der Waals surface area contributed by atoms with Gasteiger partial charge in [0.05, 0.1) is 11.0 Å². The van der Waals surface area contributed by atoms with Crippen LogP contribution in [0.4, 0.5) is 5.82 Å². The molecule has 18 heavy (non-hydrogen) atoms. The van der Waals surface area contributed by atoms with E-state index >= 15 is 0 Å². The van der Waals surface area contributed by atoms with Crippen LogP contribution in [0.3, 0.4) is 0 Å². The molecule has 0 aliphatic carbocycles. The molecule has 0 amide bonds. The minimum atomic E-state index is -0.0340. The first-order valence-electron chi connectivity index (χ1n) is 5.74. The Morgan fingerprint density at radius 1 is 1.39 bits per heavy atom. The van der Waals surface area contributed by atoms with Crippen molar-refractivity contribution in [2.75, 3.05) is 11.9 Å². The first-order valence-corrected chi connectivity index (χ1v) is 6.53. The molecule has 2 rings (SSSR count). The molecule has 1 N–H and O–H groups in total. The van der Waals surface area contributed by atoms with E-state index in [-0.39, 0.29) is 5.56 Å². The summed E-state index contributed by atoms with van der Waals surface area (Å²) in [5.41, 5.74) is 0.963. The maximum Gasteiger partial charge on any atom is 0.265 e. The zero-order valence-corrected chi connectivity index (χ0v) is 11.6. The van der Waals surface area contributed by atoms with Crippen LogP contribution in [0.2, 0.25) is 0 Å². The molecule has 2 heterocycles. The third-order valence-electron chi connectivity index (χ3n) is 2.51. The molecule has 94 valence electrons. The standard InChI is InChI=1S/C13H14BrN3O/c1-2-15-12-6-5-10(8-16-12)9-17-7-3-4-11(14)13(17)18/h3-8H,2,9H2,1H3,(H,15,16). The Labute approximate surface area is 114 Å². The molecule has 0 aromatic carbocycles. The largest absolute Gasteiger partial charge is 0.370 e. The fourth-order valence-corrected chi connectivity index (χ4v) is 2.01. The summed E-state index contributed by atoms with van der Waals surface area (Å²) < 4.78 is 2.22. The van der Waals surface area contributed by atoms with Crippen molar-refractivity contribution < 1.29 is 0 Å². The van der Waals surface area contributed by atoms with Gasteiger partial charge in [0.15, 0.2) is 0 Å². The van der Waals surface area contributed by atoms with Crippen LogP contribution in [0.15, 0.2) is 45.9 Å². The number of rotatable bonds is 4. The Morgan fingerprint density at radius 2 is 2.22 bits per heavy atom. The average molecular weight is 308 g/mol. The number of nitrogens with one attached hydrogen (secondary N) is 1. The van der Waals surface area contributed by atoms with Gasteiger partial charge in [0.25, 0.3) is 5.56 Å². The molecule has 0 radical (unpaired) electrons. The number of nitrogens with zero attached hydrogens (tertiary/aromatic N) is 2. The van der Waals surface area contributed by atoms with Gasteiger partial charge in [0.2, 0.25) is 0 Å². The van der Waals surface area contributed by atoms with Crippen molar-refractivity contribution in [1.29, 1.82) is 0 Å². The van der Waals surface area contributed by atoms with Crippen LogP contribution in [-0.4, -0.2) is 16.1 Å². The lowest BCUT2D eigenvalue weighted by atomic mass is 10.2. The van der Waals surface area contributed by atoms with Crippen molar-refractivity contribution >= 4 is 21.7 Å². The van der Waals surface area contributed by atoms with Gasteiger partial charge in [0, 0.05) is 18.9 Å². The lowest BCUT2D eigenvalue weighted by Gasteiger charge is -2.07. The summed E-state index contributed by atoms with van der Waals surface area (Å²) >= 11 is 3.23. The van der Waals surface area contributed by atoms with Crippen molar-refractivity contribution in [1.82, 2.24) is 9.55 Å². The molecule has 2 aromatic rings. The van der Waals surface area contributed by atoms with E-state index in [1.807, 2.05) is 25.1 Å². The van der Waals surface area contributed by atoms with Crippen LogP contribution in [0.25, 0.3) is 0 Å². The van der Waals surface area contributed by atoms with E-state index in [0.717, 1.165) is 17.9 Å². The van der Waals surface area contributed by atoms with E-state index in [1.54, 1.807) is 23.0 Å². The van der Waals surface area contributed by atoms with Crippen LogP contribution in [0.5, 0.6) is 0 Å². The second-order valence-corrected chi connectivity index (χ2v) is 4.73. The summed E-state index contributed by atoms with van der Waals surface area (Å²) in [6, 6.07) is 7.47. The summed E-state index contributed by atoms with van der Waals surface area (Å²) in [5.74, 6) is 0.850. The average Bonchev–Trinajstić information content (AvgIpc) is 2.38. The smallest absolute Gasteiger partial charge is 0.265 e. The first-order chi connectivity index (χ1) is 8.70. The second kappa shape index (κ2) is 5.82. The predicted octanol–water partition coefficient (Wildman–Crippen LogP) is 2.49. The normalized spacial score (nSPS) is 10.3. The van der Waals surface area contributed by atoms with Crippen LogP contribution in [0, 0.1) is 0 Å². The predicted molar refractivity (Wildman–Crippen MR) is 75.9 cm³/mol. The fraction of sp³-hybridized carbons (Fsp3) is 0.231. The van der Waals surface area contributed by atoms with Gasteiger partial charge in [0.1, 0.15) is 5.82 Å². The first kappa shape index (κ1) is 12.8. The van der Waals surface area contributed by atoms with Gasteiger partial charge in [-0.3, -0.25) is 4.79 Å². The van der Waals surface area contributed by atoms with Crippen LogP contribution < -0.4 is 10.9 Å². The van der Waals surface area contributed by atoms with Crippen molar-refractivity contribution in [3.8, 4) is 0 Å². The van der Waals surface area contributed by atoms with Gasteiger partial charge in [-0.25, -0.2) is 4.98 Å². The summed E-state index contributed by atoms with van der Waals surface area (Å²) in [6.07, 6.45) is 3.55. The number of hydrogen-bond donors (Lipinski definition) is 1. The molecule has 0 saturated heterocycles. The van der Waals surface area contributed by atoms with E-state index in [9.17, 15) is 4.79 Å². The summed E-state index contributed by atoms with van der Waals surface area (Å²) in [5, 5.41) is 3.13. The number of aromatic nitrogens is 2. The van der Waals surface area contributed by atoms with Gasteiger partial charge >= 0.3 is 0 Å². The van der Waals surface area contributed by atoms with Crippen molar-refractivity contribution in [3.05, 3.63) is 57.0 Å². The minimum absolute atomic E-state index is 0.0340. The molecule has 0 aliphatic heterocycles. The number of halogens is 1. The van der Waals surface area contributed by atoms with Crippen LogP contribution in [-0.2, 0) is 6.54 Å². The highest BCUT2D eigenvalue weighted by Crippen LogP contribution is 2.07. The lowest BCUT2D eigenvalue weighted by molar-refractivity contribution is 0.752. The molecule has 0 bridgehead atoms. The van der Waals surface area contributed by atoms with Gasteiger partial charge < -0.3 is 9.88 Å². The van der Waals surface area contributed by atoms with Crippen LogP contribution >= 0.6 is 15.9 Å². The number of anilines is 1. The molecular weight excluding hydrogens is 294 g/mol. The van der Waals surface area contributed by atoms with Gasteiger partial charge in [-0.2, -0.15) is 0 Å². The molecular formula is C13H14BrN3O. The molecule has 0 atom stereocenters. The SMILES string of the molecule is CCNc1ccc(Cn2cccc(Br)c2=O)cn1. The molecule has 0 aliphatic rings. The Hall–Kier alpha value is -1.62. The van der Waals surface area contributed by atoms with E-state index in [1.165, 1.54) is 0 Å². The van der Waals surface area contributed by atoms with E-state index in [2.05, 4.69) is 26.2 Å². The Balaban J connectivity index is 2.18. The Bertz CT molecular complexity index is 578. The molecule has 2 aromatic heterocycles. The minimum Gasteiger partial charge on any atom is -0.370 e. The highest BCUT2D eigenvalue weighted by Gasteiger charge is 2.01. The molecule has 0 fully saturated rings. The molecule has 5 heteroatoms. The van der Waals surface area contributed by atoms with Crippen molar-refractivity contribution in [2.45, 2.75) is 13.5 Å². The zero-order valence-electron chi connectivity index (χ0n) is 10.1. The zero-order chi connectivity index (χ0) is 13.0. The maximum absolute atomic E-state index is 11.8. The third kappa shape index (κ3) is 2.98. The Kier molecular flexibility index (Phi) is 4.15. The summed E-state index contributed by atoms with van der Waals surface area (Å²) in [7, 11) is 0. The second-order valence-electron chi connectivity index (χ2n) is 3.87. The quantitative estimate of drug-likeness (QED) is 0.944. The molecule has 0 saturated carbocycles. The topological polar surface area (TPSA) is 46.9 Å².